The molecule has 0 spiro atoms. The van der Waals surface area contributed by atoms with Crippen molar-refractivity contribution in [1.82, 2.24) is 0 Å². The van der Waals surface area contributed by atoms with Crippen molar-refractivity contribution in [2.75, 3.05) is 19.5 Å². The number of carbonyl (C=O) groups is 1. The Morgan fingerprint density at radius 3 is 2.55 bits per heavy atom. The minimum atomic E-state index is -0.985. The van der Waals surface area contributed by atoms with E-state index in [9.17, 15) is 4.79 Å². The van der Waals surface area contributed by atoms with E-state index in [1.165, 1.54) is 19.2 Å². The largest absolute Gasteiger partial charge is 0.497 e. The van der Waals surface area contributed by atoms with E-state index in [0.29, 0.717) is 17.2 Å². The highest BCUT2D eigenvalue weighted by atomic mass is 16.5. The number of carboxylic acids is 1. The van der Waals surface area contributed by atoms with Gasteiger partial charge in [-0.1, -0.05) is 6.07 Å². The monoisotopic (exact) mass is 273 g/mol. The Balaban J connectivity index is 2.35. The molecule has 0 heterocycles. The summed E-state index contributed by atoms with van der Waals surface area (Å²) in [6, 6.07) is 12.0. The zero-order chi connectivity index (χ0) is 14.5. The number of aromatic carboxylic acids is 1. The summed E-state index contributed by atoms with van der Waals surface area (Å²) in [5, 5.41) is 12.2. The lowest BCUT2D eigenvalue weighted by Gasteiger charge is -2.12. The lowest BCUT2D eigenvalue weighted by molar-refractivity contribution is 0.0697. The minimum absolute atomic E-state index is 0.191. The molecule has 104 valence electrons. The molecule has 20 heavy (non-hydrogen) atoms. The van der Waals surface area contributed by atoms with Crippen LogP contribution in [0.4, 0.5) is 11.4 Å². The first-order valence-corrected chi connectivity index (χ1v) is 5.96. The first-order chi connectivity index (χ1) is 9.63. The maximum absolute atomic E-state index is 11.0. The molecule has 0 fully saturated rings. The molecule has 0 radical (unpaired) electrons. The highest BCUT2D eigenvalue weighted by Crippen LogP contribution is 2.30. The SMILES string of the molecule is COc1cccc(Nc2cc(C(=O)O)ccc2OC)c1. The van der Waals surface area contributed by atoms with Crippen molar-refractivity contribution >= 4 is 17.3 Å². The number of rotatable bonds is 5. The van der Waals surface area contributed by atoms with Gasteiger partial charge in [-0.25, -0.2) is 4.79 Å². The lowest BCUT2D eigenvalue weighted by Crippen LogP contribution is -2.00. The molecule has 0 saturated heterocycles. The number of anilines is 2. The summed E-state index contributed by atoms with van der Waals surface area (Å²) >= 11 is 0. The molecular weight excluding hydrogens is 258 g/mol. The zero-order valence-electron chi connectivity index (χ0n) is 11.2. The fraction of sp³-hybridized carbons (Fsp3) is 0.133. The average molecular weight is 273 g/mol. The van der Waals surface area contributed by atoms with Crippen molar-refractivity contribution in [3.8, 4) is 11.5 Å². The third-order valence-corrected chi connectivity index (χ3v) is 2.80. The first kappa shape index (κ1) is 13.7. The number of ether oxygens (including phenoxy) is 2. The van der Waals surface area contributed by atoms with Crippen molar-refractivity contribution in [3.63, 3.8) is 0 Å². The van der Waals surface area contributed by atoms with Gasteiger partial charge in [0.1, 0.15) is 11.5 Å². The third-order valence-electron chi connectivity index (χ3n) is 2.80. The summed E-state index contributed by atoms with van der Waals surface area (Å²) in [6.07, 6.45) is 0. The molecule has 2 rings (SSSR count). The van der Waals surface area contributed by atoms with Crippen LogP contribution < -0.4 is 14.8 Å². The fourth-order valence-corrected chi connectivity index (χ4v) is 1.80. The Labute approximate surface area is 116 Å². The van der Waals surface area contributed by atoms with E-state index >= 15 is 0 Å². The van der Waals surface area contributed by atoms with Gasteiger partial charge in [-0.3, -0.25) is 0 Å². The predicted octanol–water partition coefficient (Wildman–Crippen LogP) is 3.15. The average Bonchev–Trinajstić information content (AvgIpc) is 2.47. The highest BCUT2D eigenvalue weighted by Gasteiger charge is 2.09. The molecule has 5 heteroatoms. The van der Waals surface area contributed by atoms with Crippen LogP contribution in [0.1, 0.15) is 10.4 Å². The van der Waals surface area contributed by atoms with Gasteiger partial charge in [0.25, 0.3) is 0 Å². The van der Waals surface area contributed by atoms with Crippen molar-refractivity contribution in [2.24, 2.45) is 0 Å². The molecule has 2 aromatic rings. The number of benzene rings is 2. The van der Waals surface area contributed by atoms with Gasteiger partial charge < -0.3 is 19.9 Å². The van der Waals surface area contributed by atoms with Crippen molar-refractivity contribution in [2.45, 2.75) is 0 Å². The Bertz CT molecular complexity index is 625. The lowest BCUT2D eigenvalue weighted by atomic mass is 10.1. The van der Waals surface area contributed by atoms with Gasteiger partial charge in [0.2, 0.25) is 0 Å². The van der Waals surface area contributed by atoms with Gasteiger partial charge in [-0.05, 0) is 30.3 Å². The maximum Gasteiger partial charge on any atom is 0.335 e. The molecule has 2 N–H and O–H groups in total. The van der Waals surface area contributed by atoms with Crippen LogP contribution in [-0.4, -0.2) is 25.3 Å². The maximum atomic E-state index is 11.0. The van der Waals surface area contributed by atoms with Crippen LogP contribution in [0.3, 0.4) is 0 Å². The standard InChI is InChI=1S/C15H15NO4/c1-19-12-5-3-4-11(9-12)16-13-8-10(15(17)18)6-7-14(13)20-2/h3-9,16H,1-2H3,(H,17,18). The van der Waals surface area contributed by atoms with E-state index in [4.69, 9.17) is 14.6 Å². The first-order valence-electron chi connectivity index (χ1n) is 5.96. The normalized spacial score (nSPS) is 9.90. The van der Waals surface area contributed by atoms with Gasteiger partial charge in [-0.15, -0.1) is 0 Å². The molecule has 0 saturated carbocycles. The van der Waals surface area contributed by atoms with E-state index < -0.39 is 5.97 Å². The molecule has 0 aliphatic heterocycles. The summed E-state index contributed by atoms with van der Waals surface area (Å²) in [6.45, 7) is 0. The second kappa shape index (κ2) is 5.97. The topological polar surface area (TPSA) is 67.8 Å². The van der Waals surface area contributed by atoms with Crippen LogP contribution >= 0.6 is 0 Å². The molecule has 0 atom stereocenters. The predicted molar refractivity (Wildman–Crippen MR) is 76.2 cm³/mol. The summed E-state index contributed by atoms with van der Waals surface area (Å²) in [4.78, 5) is 11.0. The molecule has 5 nitrogen and oxygen atoms in total. The van der Waals surface area contributed by atoms with Crippen molar-refractivity contribution in [3.05, 3.63) is 48.0 Å². The second-order valence-corrected chi connectivity index (χ2v) is 4.08. The minimum Gasteiger partial charge on any atom is -0.497 e. The fourth-order valence-electron chi connectivity index (χ4n) is 1.80. The van der Waals surface area contributed by atoms with Crippen LogP contribution in [0, 0.1) is 0 Å². The zero-order valence-corrected chi connectivity index (χ0v) is 11.2. The summed E-state index contributed by atoms with van der Waals surface area (Å²) < 4.78 is 10.4. The second-order valence-electron chi connectivity index (χ2n) is 4.08. The van der Waals surface area contributed by atoms with Crippen molar-refractivity contribution < 1.29 is 19.4 Å². The van der Waals surface area contributed by atoms with Gasteiger partial charge in [0, 0.05) is 11.8 Å². The highest BCUT2D eigenvalue weighted by molar-refractivity contribution is 5.90. The van der Waals surface area contributed by atoms with E-state index in [0.717, 1.165) is 5.69 Å². The number of hydrogen-bond donors (Lipinski definition) is 2. The van der Waals surface area contributed by atoms with Crippen LogP contribution in [0.2, 0.25) is 0 Å². The van der Waals surface area contributed by atoms with Gasteiger partial charge in [0.05, 0.1) is 25.5 Å². The van der Waals surface area contributed by atoms with Gasteiger partial charge in [0.15, 0.2) is 0 Å². The quantitative estimate of drug-likeness (QED) is 0.876. The number of carboxylic acid groups (broad SMARTS) is 1. The molecule has 0 aliphatic rings. The molecule has 0 aliphatic carbocycles. The Kier molecular flexibility index (Phi) is 4.10. The van der Waals surface area contributed by atoms with Gasteiger partial charge >= 0.3 is 5.97 Å². The van der Waals surface area contributed by atoms with Crippen molar-refractivity contribution in [1.29, 1.82) is 0 Å². The van der Waals surface area contributed by atoms with E-state index in [2.05, 4.69) is 5.32 Å². The van der Waals surface area contributed by atoms with Crippen LogP contribution in [0.15, 0.2) is 42.5 Å². The van der Waals surface area contributed by atoms with E-state index in [1.807, 2.05) is 24.3 Å². The Morgan fingerprint density at radius 1 is 1.10 bits per heavy atom. The smallest absolute Gasteiger partial charge is 0.335 e. The van der Waals surface area contributed by atoms with Crippen LogP contribution in [-0.2, 0) is 0 Å². The van der Waals surface area contributed by atoms with E-state index in [1.54, 1.807) is 13.2 Å². The molecule has 2 aromatic carbocycles. The number of hydrogen-bond acceptors (Lipinski definition) is 4. The number of nitrogens with one attached hydrogen (secondary N) is 1. The molecule has 0 aromatic heterocycles. The third kappa shape index (κ3) is 3.00. The Hall–Kier alpha value is -2.69. The molecule has 0 unspecified atom stereocenters. The summed E-state index contributed by atoms with van der Waals surface area (Å²) in [7, 11) is 3.12. The Morgan fingerprint density at radius 2 is 1.90 bits per heavy atom. The molecule has 0 amide bonds. The van der Waals surface area contributed by atoms with Gasteiger partial charge in [-0.2, -0.15) is 0 Å². The number of methoxy groups -OCH3 is 2. The van der Waals surface area contributed by atoms with Crippen LogP contribution in [0.5, 0.6) is 11.5 Å². The van der Waals surface area contributed by atoms with Crippen LogP contribution in [0.25, 0.3) is 0 Å². The summed E-state index contributed by atoms with van der Waals surface area (Å²) in [5.41, 5.74) is 1.56. The molecular formula is C15H15NO4. The molecule has 0 bridgehead atoms. The van der Waals surface area contributed by atoms with E-state index in [-0.39, 0.29) is 5.56 Å². The summed E-state index contributed by atoms with van der Waals surface area (Å²) in [5.74, 6) is 0.294.